The van der Waals surface area contributed by atoms with Crippen LogP contribution in [0.3, 0.4) is 0 Å². The summed E-state index contributed by atoms with van der Waals surface area (Å²) in [6, 6.07) is 0.181. The standard InChI is InChI=1S/C14H23F2N3O/c1-9(2)20-8-10-3-5-11(6-4-10)19-7-12(17)13(18-19)14(15)16/h7,9-11,14H,3-6,8,17H2,1-2H3. The van der Waals surface area contributed by atoms with Crippen molar-refractivity contribution in [2.24, 2.45) is 5.92 Å². The van der Waals surface area contributed by atoms with E-state index < -0.39 is 6.43 Å². The van der Waals surface area contributed by atoms with Crippen LogP contribution in [-0.4, -0.2) is 22.5 Å². The van der Waals surface area contributed by atoms with Crippen LogP contribution in [0.2, 0.25) is 0 Å². The second-order valence-electron chi connectivity index (χ2n) is 5.81. The lowest BCUT2D eigenvalue weighted by Gasteiger charge is -2.29. The third-order valence-electron chi connectivity index (χ3n) is 3.85. The Morgan fingerprint density at radius 3 is 2.50 bits per heavy atom. The molecule has 1 fully saturated rings. The molecule has 114 valence electrons. The number of halogens is 2. The van der Waals surface area contributed by atoms with Gasteiger partial charge in [0.25, 0.3) is 6.43 Å². The van der Waals surface area contributed by atoms with Gasteiger partial charge in [-0.15, -0.1) is 0 Å². The second-order valence-corrected chi connectivity index (χ2v) is 5.81. The molecular formula is C14H23F2N3O. The first-order valence-electron chi connectivity index (χ1n) is 7.21. The number of hydrogen-bond donors (Lipinski definition) is 1. The molecule has 0 aliphatic heterocycles. The SMILES string of the molecule is CC(C)OCC1CCC(n2cc(N)c(C(F)F)n2)CC1. The molecule has 0 aromatic carbocycles. The van der Waals surface area contributed by atoms with Gasteiger partial charge in [0.2, 0.25) is 0 Å². The van der Waals surface area contributed by atoms with E-state index in [2.05, 4.69) is 5.10 Å². The van der Waals surface area contributed by atoms with Gasteiger partial charge in [0.05, 0.1) is 17.8 Å². The van der Waals surface area contributed by atoms with Crippen molar-refractivity contribution in [1.29, 1.82) is 0 Å². The van der Waals surface area contributed by atoms with Crippen LogP contribution >= 0.6 is 0 Å². The van der Waals surface area contributed by atoms with Gasteiger partial charge in [-0.2, -0.15) is 5.10 Å². The zero-order valence-electron chi connectivity index (χ0n) is 12.1. The molecule has 2 rings (SSSR count). The lowest BCUT2D eigenvalue weighted by molar-refractivity contribution is 0.0365. The van der Waals surface area contributed by atoms with Gasteiger partial charge in [-0.25, -0.2) is 8.78 Å². The van der Waals surface area contributed by atoms with Gasteiger partial charge in [-0.1, -0.05) is 0 Å². The molecule has 1 saturated carbocycles. The lowest BCUT2D eigenvalue weighted by atomic mass is 9.86. The number of nitrogens with two attached hydrogens (primary N) is 1. The molecule has 0 saturated heterocycles. The molecule has 1 heterocycles. The van der Waals surface area contributed by atoms with E-state index in [-0.39, 0.29) is 23.5 Å². The first kappa shape index (κ1) is 15.2. The first-order valence-corrected chi connectivity index (χ1v) is 7.21. The van der Waals surface area contributed by atoms with Crippen molar-refractivity contribution in [1.82, 2.24) is 9.78 Å². The molecule has 0 atom stereocenters. The fraction of sp³-hybridized carbons (Fsp3) is 0.786. The maximum absolute atomic E-state index is 12.7. The minimum atomic E-state index is -2.60. The quantitative estimate of drug-likeness (QED) is 0.901. The number of alkyl halides is 2. The molecule has 4 nitrogen and oxygen atoms in total. The summed E-state index contributed by atoms with van der Waals surface area (Å²) < 4.78 is 32.6. The van der Waals surface area contributed by atoms with Crippen molar-refractivity contribution in [3.63, 3.8) is 0 Å². The van der Waals surface area contributed by atoms with Crippen LogP contribution < -0.4 is 5.73 Å². The van der Waals surface area contributed by atoms with Crippen molar-refractivity contribution in [2.45, 2.75) is 58.1 Å². The number of nitrogens with zero attached hydrogens (tertiary/aromatic N) is 2. The van der Waals surface area contributed by atoms with Crippen LogP contribution in [0.4, 0.5) is 14.5 Å². The van der Waals surface area contributed by atoms with E-state index in [1.807, 2.05) is 13.8 Å². The predicted molar refractivity (Wildman–Crippen MR) is 73.7 cm³/mol. The van der Waals surface area contributed by atoms with Gasteiger partial charge in [-0.3, -0.25) is 4.68 Å². The molecule has 1 aromatic rings. The molecule has 6 heteroatoms. The Morgan fingerprint density at radius 2 is 2.00 bits per heavy atom. The Balaban J connectivity index is 1.89. The number of rotatable bonds is 5. The van der Waals surface area contributed by atoms with E-state index in [1.54, 1.807) is 4.68 Å². The maximum Gasteiger partial charge on any atom is 0.284 e. The van der Waals surface area contributed by atoms with Gasteiger partial charge >= 0.3 is 0 Å². The summed E-state index contributed by atoms with van der Waals surface area (Å²) in [5.74, 6) is 0.566. The Bertz CT molecular complexity index is 426. The summed E-state index contributed by atoms with van der Waals surface area (Å²) in [5.41, 5.74) is 5.37. The second kappa shape index (κ2) is 6.52. The summed E-state index contributed by atoms with van der Waals surface area (Å²) in [4.78, 5) is 0. The topological polar surface area (TPSA) is 53.1 Å². The van der Waals surface area contributed by atoms with Gasteiger partial charge in [0.15, 0.2) is 5.69 Å². The van der Waals surface area contributed by atoms with E-state index in [0.717, 1.165) is 32.3 Å². The number of nitrogen functional groups attached to an aromatic ring is 1. The molecule has 20 heavy (non-hydrogen) atoms. The number of aromatic nitrogens is 2. The third kappa shape index (κ3) is 3.69. The Kier molecular flexibility index (Phi) is 4.96. The van der Waals surface area contributed by atoms with Crippen molar-refractivity contribution < 1.29 is 13.5 Å². The number of anilines is 1. The highest BCUT2D eigenvalue weighted by Crippen LogP contribution is 2.34. The molecule has 0 bridgehead atoms. The highest BCUT2D eigenvalue weighted by atomic mass is 19.3. The van der Waals surface area contributed by atoms with Gasteiger partial charge in [0, 0.05) is 12.8 Å². The average molecular weight is 287 g/mol. The van der Waals surface area contributed by atoms with E-state index >= 15 is 0 Å². The molecule has 0 radical (unpaired) electrons. The lowest BCUT2D eigenvalue weighted by Crippen LogP contribution is -2.22. The third-order valence-corrected chi connectivity index (χ3v) is 3.85. The predicted octanol–water partition coefficient (Wildman–Crippen LogP) is 3.56. The summed E-state index contributed by atoms with van der Waals surface area (Å²) in [6.07, 6.45) is 3.16. The number of hydrogen-bond acceptors (Lipinski definition) is 3. The highest BCUT2D eigenvalue weighted by molar-refractivity contribution is 5.41. The van der Waals surface area contributed by atoms with Crippen LogP contribution in [-0.2, 0) is 4.74 Å². The molecule has 1 aromatic heterocycles. The van der Waals surface area contributed by atoms with Crippen LogP contribution in [0.5, 0.6) is 0 Å². The average Bonchev–Trinajstić information content (AvgIpc) is 2.79. The molecule has 1 aliphatic carbocycles. The van der Waals surface area contributed by atoms with Gasteiger partial charge in [0.1, 0.15) is 0 Å². The first-order chi connectivity index (χ1) is 9.47. The zero-order valence-corrected chi connectivity index (χ0v) is 12.1. The van der Waals surface area contributed by atoms with Crippen molar-refractivity contribution in [3.05, 3.63) is 11.9 Å². The Morgan fingerprint density at radius 1 is 1.35 bits per heavy atom. The maximum atomic E-state index is 12.7. The summed E-state index contributed by atoms with van der Waals surface area (Å²) in [5, 5.41) is 3.94. The minimum Gasteiger partial charge on any atom is -0.396 e. The van der Waals surface area contributed by atoms with E-state index in [0.29, 0.717) is 5.92 Å². The van der Waals surface area contributed by atoms with Crippen molar-refractivity contribution in [3.8, 4) is 0 Å². The fourth-order valence-corrected chi connectivity index (χ4v) is 2.68. The van der Waals surface area contributed by atoms with Gasteiger partial charge in [-0.05, 0) is 45.4 Å². The summed E-state index contributed by atoms with van der Waals surface area (Å²) in [6.45, 7) is 4.85. The van der Waals surface area contributed by atoms with Gasteiger partial charge < -0.3 is 10.5 Å². The van der Waals surface area contributed by atoms with E-state index in [1.165, 1.54) is 6.20 Å². The van der Waals surface area contributed by atoms with E-state index in [9.17, 15) is 8.78 Å². The van der Waals surface area contributed by atoms with Crippen LogP contribution in [0.25, 0.3) is 0 Å². The minimum absolute atomic E-state index is 0.0882. The van der Waals surface area contributed by atoms with Crippen LogP contribution in [0.15, 0.2) is 6.20 Å². The molecule has 0 spiro atoms. The Labute approximate surface area is 118 Å². The summed E-state index contributed by atoms with van der Waals surface area (Å²) >= 11 is 0. The monoisotopic (exact) mass is 287 g/mol. The van der Waals surface area contributed by atoms with E-state index in [4.69, 9.17) is 10.5 Å². The largest absolute Gasteiger partial charge is 0.396 e. The Hall–Kier alpha value is -1.17. The molecule has 2 N–H and O–H groups in total. The smallest absolute Gasteiger partial charge is 0.284 e. The van der Waals surface area contributed by atoms with Crippen molar-refractivity contribution >= 4 is 5.69 Å². The zero-order chi connectivity index (χ0) is 14.7. The fourth-order valence-electron chi connectivity index (χ4n) is 2.68. The molecule has 0 amide bonds. The van der Waals surface area contributed by atoms with Crippen molar-refractivity contribution in [2.75, 3.05) is 12.3 Å². The normalized spacial score (nSPS) is 23.7. The molecule has 0 unspecified atom stereocenters. The van der Waals surface area contributed by atoms with Crippen LogP contribution in [0.1, 0.15) is 57.7 Å². The van der Waals surface area contributed by atoms with Crippen LogP contribution in [0, 0.1) is 5.92 Å². The molecule has 1 aliphatic rings. The summed E-state index contributed by atoms with van der Waals surface area (Å²) in [7, 11) is 0. The number of ether oxygens (including phenoxy) is 1. The molecular weight excluding hydrogens is 264 g/mol. The highest BCUT2D eigenvalue weighted by Gasteiger charge is 2.25.